The molecule has 242 valence electrons. The first-order valence-corrected chi connectivity index (χ1v) is 15.9. The molecule has 0 N–H and O–H groups in total. The van der Waals surface area contributed by atoms with Crippen molar-refractivity contribution >= 4 is 45.3 Å². The van der Waals surface area contributed by atoms with Gasteiger partial charge in [0.15, 0.2) is 41.0 Å². The number of fused-ring (bicyclic) bond motifs is 1. The smallest absolute Gasteiger partial charge is 0.343 e. The number of nitrogens with zero attached hydrogens (tertiary/aromatic N) is 3. The summed E-state index contributed by atoms with van der Waals surface area (Å²) in [5.41, 5.74) is 1.39. The predicted molar refractivity (Wildman–Crippen MR) is 172 cm³/mol. The number of nitriles is 1. The lowest BCUT2D eigenvalue weighted by atomic mass is 9.95. The summed E-state index contributed by atoms with van der Waals surface area (Å²) < 4.78 is 35.1. The Labute approximate surface area is 277 Å². The normalized spacial score (nSPS) is 14.1. The highest BCUT2D eigenvalue weighted by Crippen LogP contribution is 2.38. The van der Waals surface area contributed by atoms with Crippen LogP contribution in [-0.4, -0.2) is 56.6 Å². The molecule has 1 aromatic heterocycles. The van der Waals surface area contributed by atoms with Gasteiger partial charge in [0.1, 0.15) is 6.07 Å². The Hall–Kier alpha value is -4.61. The van der Waals surface area contributed by atoms with Crippen LogP contribution in [0.5, 0.6) is 23.0 Å². The molecule has 0 amide bonds. The number of esters is 2. The maximum absolute atomic E-state index is 14.1. The van der Waals surface area contributed by atoms with Crippen molar-refractivity contribution in [2.24, 2.45) is 4.99 Å². The number of hydrogen-bond donors (Lipinski definition) is 0. The van der Waals surface area contributed by atoms with Crippen LogP contribution in [0, 0.1) is 11.3 Å². The molecule has 0 spiro atoms. The molecule has 0 unspecified atom stereocenters. The van der Waals surface area contributed by atoms with E-state index in [-0.39, 0.29) is 31.0 Å². The van der Waals surface area contributed by atoms with Gasteiger partial charge >= 0.3 is 11.9 Å². The Bertz CT molecular complexity index is 1890. The molecule has 1 aliphatic rings. The highest BCUT2D eigenvalue weighted by Gasteiger charge is 2.34. The van der Waals surface area contributed by atoms with Crippen LogP contribution in [0.4, 0.5) is 0 Å². The Morgan fingerprint density at radius 3 is 2.46 bits per heavy atom. The fraction of sp³-hybridized carbons (Fsp3) is 0.344. The number of hydrogen-bond acceptors (Lipinski definition) is 12. The van der Waals surface area contributed by atoms with Crippen LogP contribution in [0.2, 0.25) is 0 Å². The fourth-order valence-corrected chi connectivity index (χ4v) is 6.34. The van der Waals surface area contributed by atoms with Crippen LogP contribution < -0.4 is 33.8 Å². The first-order valence-electron chi connectivity index (χ1n) is 14.3. The summed E-state index contributed by atoms with van der Waals surface area (Å²) >= 11 is 4.65. The molecular weight excluding hydrogens is 682 g/mol. The van der Waals surface area contributed by atoms with Gasteiger partial charge in [-0.3, -0.25) is 9.36 Å². The molecule has 46 heavy (non-hydrogen) atoms. The number of thiazole rings is 1. The number of carbonyl (C=O) groups excluding carboxylic acids is 2. The summed E-state index contributed by atoms with van der Waals surface area (Å²) in [4.78, 5) is 44.2. The van der Waals surface area contributed by atoms with Crippen molar-refractivity contribution in [3.05, 3.63) is 76.9 Å². The van der Waals surface area contributed by atoms with E-state index in [4.69, 9.17) is 28.9 Å². The molecule has 2 aromatic carbocycles. The van der Waals surface area contributed by atoms with Gasteiger partial charge < -0.3 is 28.4 Å². The number of aromatic nitrogens is 1. The molecule has 3 aromatic rings. The number of carbonyl (C=O) groups is 2. The number of rotatable bonds is 13. The summed E-state index contributed by atoms with van der Waals surface area (Å²) in [6.45, 7) is 7.29. The van der Waals surface area contributed by atoms with E-state index in [0.29, 0.717) is 66.8 Å². The number of halogens is 1. The van der Waals surface area contributed by atoms with Crippen LogP contribution in [-0.2, 0) is 19.1 Å². The van der Waals surface area contributed by atoms with E-state index in [1.807, 2.05) is 13.0 Å². The minimum atomic E-state index is -0.904. The van der Waals surface area contributed by atoms with Gasteiger partial charge in [0, 0.05) is 0 Å². The van der Waals surface area contributed by atoms with Crippen LogP contribution >= 0.6 is 27.3 Å². The monoisotopic (exact) mass is 713 g/mol. The van der Waals surface area contributed by atoms with E-state index in [0.717, 1.165) is 11.3 Å². The Balaban J connectivity index is 1.90. The minimum absolute atomic E-state index is 0.127. The van der Waals surface area contributed by atoms with Crippen LogP contribution in [0.25, 0.3) is 6.08 Å². The molecule has 0 bridgehead atoms. The molecule has 0 saturated heterocycles. The van der Waals surface area contributed by atoms with Crippen LogP contribution in [0.1, 0.15) is 44.9 Å². The van der Waals surface area contributed by atoms with Crippen molar-refractivity contribution in [1.29, 1.82) is 5.26 Å². The lowest BCUT2D eigenvalue weighted by Crippen LogP contribution is -2.40. The van der Waals surface area contributed by atoms with E-state index in [9.17, 15) is 14.4 Å². The van der Waals surface area contributed by atoms with E-state index < -0.39 is 18.0 Å². The fourth-order valence-electron chi connectivity index (χ4n) is 4.71. The van der Waals surface area contributed by atoms with Gasteiger partial charge in [0.05, 0.1) is 53.2 Å². The SMILES string of the molecule is CCOC(=O)C1=C(C)N=c2s/c(=C\c3cc(Br)c(OCC#N)c(OCC)c3)c(=O)n2[C@H]1c1ccc(OCC(=O)OC)c(OCC)c1. The molecule has 0 aliphatic carbocycles. The summed E-state index contributed by atoms with van der Waals surface area (Å²) in [5, 5.41) is 8.97. The molecule has 1 atom stereocenters. The lowest BCUT2D eigenvalue weighted by molar-refractivity contribution is -0.143. The first kappa shape index (κ1) is 34.3. The Morgan fingerprint density at radius 2 is 1.78 bits per heavy atom. The second-order valence-electron chi connectivity index (χ2n) is 9.52. The number of benzene rings is 2. The van der Waals surface area contributed by atoms with Crippen molar-refractivity contribution in [3.8, 4) is 29.1 Å². The van der Waals surface area contributed by atoms with Crippen molar-refractivity contribution in [2.75, 3.05) is 40.1 Å². The zero-order chi connectivity index (χ0) is 33.4. The Morgan fingerprint density at radius 1 is 1.04 bits per heavy atom. The third-order valence-corrected chi connectivity index (χ3v) is 8.16. The van der Waals surface area contributed by atoms with E-state index >= 15 is 0 Å². The number of ether oxygens (including phenoxy) is 6. The zero-order valence-electron chi connectivity index (χ0n) is 25.9. The molecule has 1 aliphatic heterocycles. The number of methoxy groups -OCH3 is 1. The molecule has 4 rings (SSSR count). The van der Waals surface area contributed by atoms with Gasteiger partial charge in [-0.25, -0.2) is 14.6 Å². The van der Waals surface area contributed by atoms with Crippen molar-refractivity contribution < 1.29 is 38.0 Å². The minimum Gasteiger partial charge on any atom is -0.490 e. The average Bonchev–Trinajstić information content (AvgIpc) is 3.33. The molecule has 12 nitrogen and oxygen atoms in total. The van der Waals surface area contributed by atoms with Crippen LogP contribution in [0.3, 0.4) is 0 Å². The Kier molecular flexibility index (Phi) is 11.6. The lowest BCUT2D eigenvalue weighted by Gasteiger charge is -2.25. The average molecular weight is 715 g/mol. The van der Waals surface area contributed by atoms with Crippen LogP contribution in [0.15, 0.2) is 55.9 Å². The van der Waals surface area contributed by atoms with Gasteiger partial charge in [-0.15, -0.1) is 0 Å². The molecule has 2 heterocycles. The molecule has 14 heteroatoms. The van der Waals surface area contributed by atoms with E-state index in [1.54, 1.807) is 57.2 Å². The second kappa shape index (κ2) is 15.6. The summed E-state index contributed by atoms with van der Waals surface area (Å²) in [6.07, 6.45) is 1.70. The molecule has 0 saturated carbocycles. The largest absolute Gasteiger partial charge is 0.490 e. The van der Waals surface area contributed by atoms with Gasteiger partial charge in [-0.1, -0.05) is 17.4 Å². The maximum atomic E-state index is 14.1. The summed E-state index contributed by atoms with van der Waals surface area (Å²) in [7, 11) is 1.26. The van der Waals surface area contributed by atoms with Gasteiger partial charge in [0.25, 0.3) is 5.56 Å². The molecular formula is C32H32BrN3O9S. The van der Waals surface area contributed by atoms with Gasteiger partial charge in [-0.05, 0) is 85.1 Å². The van der Waals surface area contributed by atoms with Crippen molar-refractivity contribution in [2.45, 2.75) is 33.7 Å². The quantitative estimate of drug-likeness (QED) is 0.240. The standard InChI is InChI=1S/C32H32BrN3O9S/c1-6-41-23-16-20(9-10-22(23)45-17-26(37)40-5)28-27(31(39)43-8-3)18(4)35-32-36(28)30(38)25(46-32)15-19-13-21(33)29(44-12-11-34)24(14-19)42-7-2/h9-10,13-16,28H,6-8,12,17H2,1-5H3/b25-15-/t28-/m0/s1. The van der Waals surface area contributed by atoms with E-state index in [1.165, 1.54) is 11.7 Å². The summed E-state index contributed by atoms with van der Waals surface area (Å²) in [6, 6.07) is 9.48. The number of allylic oxidation sites excluding steroid dienone is 1. The zero-order valence-corrected chi connectivity index (χ0v) is 28.3. The third-order valence-electron chi connectivity index (χ3n) is 6.58. The predicted octanol–water partition coefficient (Wildman–Crippen LogP) is 3.81. The van der Waals surface area contributed by atoms with E-state index in [2.05, 4.69) is 25.7 Å². The van der Waals surface area contributed by atoms with Crippen molar-refractivity contribution in [1.82, 2.24) is 4.57 Å². The highest BCUT2D eigenvalue weighted by atomic mass is 79.9. The topological polar surface area (TPSA) is 148 Å². The van der Waals surface area contributed by atoms with Gasteiger partial charge in [-0.2, -0.15) is 5.26 Å². The second-order valence-corrected chi connectivity index (χ2v) is 11.4. The van der Waals surface area contributed by atoms with Crippen molar-refractivity contribution in [3.63, 3.8) is 0 Å². The third kappa shape index (κ3) is 7.43. The van der Waals surface area contributed by atoms with Gasteiger partial charge in [0.2, 0.25) is 0 Å². The first-order chi connectivity index (χ1) is 22.2. The maximum Gasteiger partial charge on any atom is 0.343 e. The molecule has 0 radical (unpaired) electrons. The summed E-state index contributed by atoms with van der Waals surface area (Å²) in [5.74, 6) is 0.218. The highest BCUT2D eigenvalue weighted by molar-refractivity contribution is 9.10. The molecule has 0 fully saturated rings.